The molecule has 0 unspecified atom stereocenters. The van der Waals surface area contributed by atoms with Crippen LogP contribution in [0.3, 0.4) is 0 Å². The number of anilines is 1. The highest BCUT2D eigenvalue weighted by Crippen LogP contribution is 2.27. The monoisotopic (exact) mass is 378 g/mol. The van der Waals surface area contributed by atoms with Gasteiger partial charge in [-0.2, -0.15) is 18.2 Å². The highest BCUT2D eigenvalue weighted by Gasteiger charge is 2.38. The largest absolute Gasteiger partial charge is 0.471 e. The van der Waals surface area contributed by atoms with Crippen molar-refractivity contribution < 1.29 is 32.9 Å². The fraction of sp³-hybridized carbons (Fsp3) is 0.500. The quantitative estimate of drug-likeness (QED) is 0.524. The number of halogens is 3. The van der Waals surface area contributed by atoms with E-state index in [0.717, 1.165) is 4.57 Å². The predicted octanol–water partition coefficient (Wildman–Crippen LogP) is -0.842. The Hall–Kier alpha value is -2.44. The molecule has 0 saturated carbocycles. The molecule has 5 N–H and O–H groups in total. The predicted molar refractivity (Wildman–Crippen MR) is 82.6 cm³/mol. The molecule has 3 atom stereocenters. The van der Waals surface area contributed by atoms with Crippen LogP contribution < -0.4 is 16.7 Å². The molecule has 144 valence electrons. The van der Waals surface area contributed by atoms with Crippen LogP contribution in [0.1, 0.15) is 18.2 Å². The molecule has 12 heteroatoms. The van der Waals surface area contributed by atoms with Crippen molar-refractivity contribution >= 4 is 17.8 Å². The number of nitrogens with one attached hydrogen (secondary N) is 1. The van der Waals surface area contributed by atoms with Crippen LogP contribution in [0.15, 0.2) is 17.1 Å². The van der Waals surface area contributed by atoms with Crippen LogP contribution in [-0.4, -0.2) is 57.2 Å². The van der Waals surface area contributed by atoms with Gasteiger partial charge < -0.3 is 26.0 Å². The van der Waals surface area contributed by atoms with Gasteiger partial charge in [0.25, 0.3) is 0 Å². The lowest BCUT2D eigenvalue weighted by atomic mass is 10.2. The Bertz CT molecular complexity index is 749. The SMILES string of the molecule is Nc1nc(=O)n([C@H]2C[C@H](O)[C@@H](CO)O2)cc1C=CCNC(=O)C(F)(F)F. The number of nitrogen functional groups attached to an aromatic ring is 1. The average molecular weight is 378 g/mol. The summed E-state index contributed by atoms with van der Waals surface area (Å²) in [6, 6.07) is 0. The average Bonchev–Trinajstić information content (AvgIpc) is 2.92. The number of hydrogen-bond acceptors (Lipinski definition) is 7. The highest BCUT2D eigenvalue weighted by atomic mass is 19.4. The Morgan fingerprint density at radius 3 is 2.81 bits per heavy atom. The minimum absolute atomic E-state index is 0.0432. The number of amides is 1. The second kappa shape index (κ2) is 7.85. The molecule has 9 nitrogen and oxygen atoms in total. The van der Waals surface area contributed by atoms with Crippen molar-refractivity contribution in [3.63, 3.8) is 0 Å². The van der Waals surface area contributed by atoms with Gasteiger partial charge in [-0.1, -0.05) is 12.2 Å². The van der Waals surface area contributed by atoms with E-state index in [1.165, 1.54) is 18.3 Å². The number of carbonyl (C=O) groups is 1. The van der Waals surface area contributed by atoms with Gasteiger partial charge in [-0.05, 0) is 0 Å². The summed E-state index contributed by atoms with van der Waals surface area (Å²) in [7, 11) is 0. The maximum atomic E-state index is 12.1. The Morgan fingerprint density at radius 2 is 2.23 bits per heavy atom. The van der Waals surface area contributed by atoms with Crippen LogP contribution in [0.25, 0.3) is 6.08 Å². The molecular formula is C14H17F3N4O5. The fourth-order valence-corrected chi connectivity index (χ4v) is 2.32. The van der Waals surface area contributed by atoms with Crippen LogP contribution in [0.4, 0.5) is 19.0 Å². The first kappa shape index (κ1) is 19.9. The third-order valence-electron chi connectivity index (χ3n) is 3.64. The smallest absolute Gasteiger partial charge is 0.394 e. The summed E-state index contributed by atoms with van der Waals surface area (Å²) in [6.45, 7) is -0.845. The molecule has 2 heterocycles. The van der Waals surface area contributed by atoms with Gasteiger partial charge in [-0.3, -0.25) is 9.36 Å². The molecular weight excluding hydrogens is 361 g/mol. The summed E-state index contributed by atoms with van der Waals surface area (Å²) < 4.78 is 42.6. The number of alkyl halides is 3. The van der Waals surface area contributed by atoms with E-state index < -0.39 is 49.4 Å². The summed E-state index contributed by atoms with van der Waals surface area (Å²) in [4.78, 5) is 26.2. The first-order valence-corrected chi connectivity index (χ1v) is 7.48. The first-order chi connectivity index (χ1) is 12.1. The summed E-state index contributed by atoms with van der Waals surface area (Å²) in [5.74, 6) is -2.25. The molecule has 1 amide bonds. The molecule has 0 aromatic carbocycles. The van der Waals surface area contributed by atoms with E-state index in [-0.39, 0.29) is 17.8 Å². The molecule has 0 aliphatic carbocycles. The number of aromatic nitrogens is 2. The third kappa shape index (κ3) is 4.59. The van der Waals surface area contributed by atoms with Gasteiger partial charge in [0, 0.05) is 24.7 Å². The molecule has 0 spiro atoms. The van der Waals surface area contributed by atoms with Crippen LogP contribution in [0, 0.1) is 0 Å². The van der Waals surface area contributed by atoms with Crippen LogP contribution in [0.5, 0.6) is 0 Å². The molecule has 1 aromatic rings. The molecule has 1 aromatic heterocycles. The zero-order chi connectivity index (χ0) is 19.5. The maximum Gasteiger partial charge on any atom is 0.471 e. The Labute approximate surface area is 144 Å². The second-order valence-corrected chi connectivity index (χ2v) is 5.50. The number of aliphatic hydroxyl groups is 2. The minimum atomic E-state index is -4.98. The van der Waals surface area contributed by atoms with E-state index >= 15 is 0 Å². The zero-order valence-corrected chi connectivity index (χ0v) is 13.3. The molecule has 0 radical (unpaired) electrons. The van der Waals surface area contributed by atoms with Gasteiger partial charge in [0.1, 0.15) is 18.1 Å². The molecule has 1 aliphatic heterocycles. The summed E-state index contributed by atoms with van der Waals surface area (Å²) in [5, 5.41) is 20.5. The molecule has 1 aliphatic rings. The number of carbonyl (C=O) groups excluding carboxylic acids is 1. The van der Waals surface area contributed by atoms with E-state index in [1.54, 1.807) is 5.32 Å². The standard InChI is InChI=1S/C14H17F3N4O5/c15-14(16,17)12(24)19-3-1-2-7-5-21(13(25)20-11(7)18)10-4-8(23)9(6-22)26-10/h1-2,5,8-10,22-23H,3-4,6H2,(H,19,24)(H2,18,20,25)/t8-,9+,10+/m0/s1. The summed E-state index contributed by atoms with van der Waals surface area (Å²) in [6.07, 6.45) is -3.88. The van der Waals surface area contributed by atoms with Crippen molar-refractivity contribution in [1.29, 1.82) is 0 Å². The number of aliphatic hydroxyl groups excluding tert-OH is 2. The zero-order valence-electron chi connectivity index (χ0n) is 13.3. The van der Waals surface area contributed by atoms with E-state index in [2.05, 4.69) is 4.98 Å². The van der Waals surface area contributed by atoms with Crippen molar-refractivity contribution in [1.82, 2.24) is 14.9 Å². The van der Waals surface area contributed by atoms with Crippen molar-refractivity contribution in [3.8, 4) is 0 Å². The minimum Gasteiger partial charge on any atom is -0.394 e. The van der Waals surface area contributed by atoms with Crippen LogP contribution >= 0.6 is 0 Å². The van der Waals surface area contributed by atoms with E-state index in [1.807, 2.05) is 0 Å². The Morgan fingerprint density at radius 1 is 1.54 bits per heavy atom. The van der Waals surface area contributed by atoms with Crippen LogP contribution in [-0.2, 0) is 9.53 Å². The number of nitrogens with two attached hydrogens (primary N) is 1. The molecule has 0 bridgehead atoms. The fourth-order valence-electron chi connectivity index (χ4n) is 2.32. The number of nitrogens with zero attached hydrogens (tertiary/aromatic N) is 2. The summed E-state index contributed by atoms with van der Waals surface area (Å²) in [5.41, 5.74) is 5.06. The van der Waals surface area contributed by atoms with Gasteiger partial charge in [0.05, 0.1) is 12.7 Å². The Kier molecular flexibility index (Phi) is 6.00. The van der Waals surface area contributed by atoms with Crippen molar-refractivity contribution in [3.05, 3.63) is 28.3 Å². The van der Waals surface area contributed by atoms with Crippen LogP contribution in [0.2, 0.25) is 0 Å². The first-order valence-electron chi connectivity index (χ1n) is 7.48. The van der Waals surface area contributed by atoms with E-state index in [9.17, 15) is 27.9 Å². The maximum absolute atomic E-state index is 12.1. The lowest BCUT2D eigenvalue weighted by Crippen LogP contribution is -2.36. The lowest BCUT2D eigenvalue weighted by Gasteiger charge is -2.15. The molecule has 1 fully saturated rings. The second-order valence-electron chi connectivity index (χ2n) is 5.50. The van der Waals surface area contributed by atoms with Crippen molar-refractivity contribution in [2.75, 3.05) is 18.9 Å². The molecule has 2 rings (SSSR count). The van der Waals surface area contributed by atoms with E-state index in [4.69, 9.17) is 15.6 Å². The topological polar surface area (TPSA) is 140 Å². The molecule has 1 saturated heterocycles. The normalized spacial score (nSPS) is 23.5. The van der Waals surface area contributed by atoms with Gasteiger partial charge in [-0.25, -0.2) is 4.79 Å². The molecule has 26 heavy (non-hydrogen) atoms. The van der Waals surface area contributed by atoms with Gasteiger partial charge in [-0.15, -0.1) is 0 Å². The Balaban J connectivity index is 2.12. The van der Waals surface area contributed by atoms with E-state index in [0.29, 0.717) is 0 Å². The summed E-state index contributed by atoms with van der Waals surface area (Å²) >= 11 is 0. The van der Waals surface area contributed by atoms with Crippen molar-refractivity contribution in [2.45, 2.75) is 31.0 Å². The third-order valence-corrected chi connectivity index (χ3v) is 3.64. The number of ether oxygens (including phenoxy) is 1. The van der Waals surface area contributed by atoms with Gasteiger partial charge in [0.15, 0.2) is 0 Å². The van der Waals surface area contributed by atoms with Crippen molar-refractivity contribution in [2.24, 2.45) is 0 Å². The number of hydrogen-bond donors (Lipinski definition) is 4. The lowest BCUT2D eigenvalue weighted by molar-refractivity contribution is -0.173. The highest BCUT2D eigenvalue weighted by molar-refractivity contribution is 5.81. The van der Waals surface area contributed by atoms with Gasteiger partial charge >= 0.3 is 17.8 Å². The van der Waals surface area contributed by atoms with Gasteiger partial charge in [0.2, 0.25) is 0 Å². The number of rotatable bonds is 5.